The van der Waals surface area contributed by atoms with Gasteiger partial charge in [0.2, 0.25) is 0 Å². The van der Waals surface area contributed by atoms with Gasteiger partial charge in [-0.05, 0) is 0 Å². The summed E-state index contributed by atoms with van der Waals surface area (Å²) in [6.45, 7) is 0. The average molecular weight is 152 g/mol. The Morgan fingerprint density at radius 2 is 1.44 bits per heavy atom. The van der Waals surface area contributed by atoms with E-state index in [0.29, 0.717) is 5.69 Å². The van der Waals surface area contributed by atoms with Crippen LogP contribution in [0.15, 0.2) is 30.3 Å². The quantitative estimate of drug-likeness (QED) is 0.425. The van der Waals surface area contributed by atoms with Crippen molar-refractivity contribution >= 4 is 28.7 Å². The zero-order chi connectivity index (χ0) is 5.11. The third-order valence-corrected chi connectivity index (χ3v) is 0.774. The van der Waals surface area contributed by atoms with Gasteiger partial charge in [0, 0.05) is 0 Å². The van der Waals surface area contributed by atoms with Crippen LogP contribution in [0.4, 0.5) is 5.69 Å². The standard InChI is InChI=1S/C6H6N.ClH.Mg/c7-6-4-2-1-3-5-6;;/h1-5,7H;1H;/q-1;;+2/p-1. The first-order valence-corrected chi connectivity index (χ1v) is 2.16. The van der Waals surface area contributed by atoms with Crippen molar-refractivity contribution < 1.29 is 12.4 Å². The van der Waals surface area contributed by atoms with Gasteiger partial charge in [-0.2, -0.15) is 0 Å². The van der Waals surface area contributed by atoms with Crippen LogP contribution in [0.5, 0.6) is 0 Å². The monoisotopic (exact) mass is 151 g/mol. The maximum absolute atomic E-state index is 7.00. The van der Waals surface area contributed by atoms with E-state index in [4.69, 9.17) is 5.73 Å². The topological polar surface area (TPSA) is 23.8 Å². The Labute approximate surface area is 77.2 Å². The average Bonchev–Trinajstić information content (AvgIpc) is 1.69. The smallest absolute Gasteiger partial charge is 1.00 e. The van der Waals surface area contributed by atoms with Crippen LogP contribution in [0.3, 0.4) is 0 Å². The van der Waals surface area contributed by atoms with Crippen LogP contribution in [-0.4, -0.2) is 23.1 Å². The molecule has 0 unspecified atom stereocenters. The molecular weight excluding hydrogens is 146 g/mol. The summed E-state index contributed by atoms with van der Waals surface area (Å²) < 4.78 is 0. The van der Waals surface area contributed by atoms with E-state index in [1.807, 2.05) is 18.2 Å². The molecule has 0 spiro atoms. The summed E-state index contributed by atoms with van der Waals surface area (Å²) in [5, 5.41) is 0. The van der Waals surface area contributed by atoms with E-state index in [0.717, 1.165) is 0 Å². The van der Waals surface area contributed by atoms with Crippen molar-refractivity contribution in [3.63, 3.8) is 0 Å². The van der Waals surface area contributed by atoms with Crippen LogP contribution >= 0.6 is 0 Å². The minimum absolute atomic E-state index is 0. The maximum atomic E-state index is 7.00. The van der Waals surface area contributed by atoms with Gasteiger partial charge in [0.25, 0.3) is 0 Å². The number of nitrogens with one attached hydrogen (secondary N) is 1. The van der Waals surface area contributed by atoms with Crippen LogP contribution in [-0.2, 0) is 0 Å². The van der Waals surface area contributed by atoms with Gasteiger partial charge in [0.1, 0.15) is 0 Å². The van der Waals surface area contributed by atoms with E-state index < -0.39 is 0 Å². The minimum atomic E-state index is 0. The molecule has 0 atom stereocenters. The molecule has 1 aromatic carbocycles. The Bertz CT molecular complexity index is 143. The van der Waals surface area contributed by atoms with Gasteiger partial charge in [-0.25, -0.2) is 0 Å². The molecule has 0 aliphatic rings. The van der Waals surface area contributed by atoms with Crippen molar-refractivity contribution in [2.75, 3.05) is 0 Å². The Morgan fingerprint density at radius 1 is 1.00 bits per heavy atom. The van der Waals surface area contributed by atoms with Crippen LogP contribution in [0.25, 0.3) is 5.73 Å². The summed E-state index contributed by atoms with van der Waals surface area (Å²) in [6.07, 6.45) is 0. The van der Waals surface area contributed by atoms with Crippen LogP contribution in [0.2, 0.25) is 0 Å². The summed E-state index contributed by atoms with van der Waals surface area (Å²) in [5.41, 5.74) is 7.57. The van der Waals surface area contributed by atoms with Crippen molar-refractivity contribution in [1.82, 2.24) is 0 Å². The molecule has 9 heavy (non-hydrogen) atoms. The van der Waals surface area contributed by atoms with Gasteiger partial charge in [-0.15, -0.1) is 5.69 Å². The molecule has 1 aromatic rings. The molecule has 0 amide bonds. The van der Waals surface area contributed by atoms with E-state index in [1.165, 1.54) is 0 Å². The molecule has 0 radical (unpaired) electrons. The van der Waals surface area contributed by atoms with Gasteiger partial charge in [0.05, 0.1) is 0 Å². The predicted molar refractivity (Wildman–Crippen MR) is 36.2 cm³/mol. The van der Waals surface area contributed by atoms with Gasteiger partial charge in [0.15, 0.2) is 0 Å². The predicted octanol–water partition coefficient (Wildman–Crippen LogP) is -1.01. The van der Waals surface area contributed by atoms with E-state index in [-0.39, 0.29) is 35.5 Å². The molecule has 0 aromatic heterocycles. The Balaban J connectivity index is 0. The second kappa shape index (κ2) is 6.20. The largest absolute Gasteiger partial charge is 2.00 e. The molecule has 0 aliphatic carbocycles. The molecule has 44 valence electrons. The first-order valence-electron chi connectivity index (χ1n) is 2.16. The van der Waals surface area contributed by atoms with Crippen molar-refractivity contribution in [3.8, 4) is 0 Å². The van der Waals surface area contributed by atoms with Crippen molar-refractivity contribution in [3.05, 3.63) is 36.1 Å². The van der Waals surface area contributed by atoms with Gasteiger partial charge >= 0.3 is 23.1 Å². The van der Waals surface area contributed by atoms with E-state index >= 15 is 0 Å². The van der Waals surface area contributed by atoms with Gasteiger partial charge < -0.3 is 18.1 Å². The Morgan fingerprint density at radius 3 is 1.67 bits per heavy atom. The second-order valence-electron chi connectivity index (χ2n) is 1.37. The molecule has 0 fully saturated rings. The maximum Gasteiger partial charge on any atom is 2.00 e. The molecule has 0 saturated carbocycles. The second-order valence-corrected chi connectivity index (χ2v) is 1.37. The Kier molecular flexibility index (Phi) is 8.14. The molecule has 1 rings (SSSR count). The van der Waals surface area contributed by atoms with Gasteiger partial charge in [-0.1, -0.05) is 30.3 Å². The van der Waals surface area contributed by atoms with Crippen LogP contribution in [0, 0.1) is 0 Å². The summed E-state index contributed by atoms with van der Waals surface area (Å²) in [5.74, 6) is 0. The normalized spacial score (nSPS) is 6.67. The zero-order valence-electron chi connectivity index (χ0n) is 4.97. The summed E-state index contributed by atoms with van der Waals surface area (Å²) in [6, 6.07) is 9.10. The fourth-order valence-corrected chi connectivity index (χ4v) is 0.438. The zero-order valence-corrected chi connectivity index (χ0v) is 7.14. The third kappa shape index (κ3) is 4.57. The molecule has 0 saturated heterocycles. The Hall–Kier alpha value is 0.0762. The van der Waals surface area contributed by atoms with Crippen molar-refractivity contribution in [2.45, 2.75) is 0 Å². The summed E-state index contributed by atoms with van der Waals surface area (Å²) in [7, 11) is 0. The van der Waals surface area contributed by atoms with E-state index in [9.17, 15) is 0 Å². The molecule has 3 heteroatoms. The minimum Gasteiger partial charge on any atom is -1.00 e. The van der Waals surface area contributed by atoms with Crippen molar-refractivity contribution in [1.29, 1.82) is 0 Å². The van der Waals surface area contributed by atoms with Gasteiger partial charge in [-0.3, -0.25) is 0 Å². The number of benzene rings is 1. The first kappa shape index (κ1) is 11.8. The van der Waals surface area contributed by atoms with Crippen LogP contribution < -0.4 is 12.4 Å². The SMILES string of the molecule is [Cl-].[Mg+2].[NH-]c1ccccc1. The fourth-order valence-electron chi connectivity index (χ4n) is 0.438. The molecule has 1 N–H and O–H groups in total. The van der Waals surface area contributed by atoms with Crippen LogP contribution in [0.1, 0.15) is 0 Å². The molecule has 0 bridgehead atoms. The van der Waals surface area contributed by atoms with E-state index in [2.05, 4.69) is 0 Å². The molecule has 1 nitrogen and oxygen atoms in total. The molecule has 0 heterocycles. The third-order valence-electron chi connectivity index (χ3n) is 0.774. The molecular formula is C6H6ClMgN. The summed E-state index contributed by atoms with van der Waals surface area (Å²) >= 11 is 0. The fraction of sp³-hybridized carbons (Fsp3) is 0. The number of hydrogen-bond donors (Lipinski definition) is 0. The number of hydrogen-bond acceptors (Lipinski definition) is 0. The molecule has 0 aliphatic heterocycles. The summed E-state index contributed by atoms with van der Waals surface area (Å²) in [4.78, 5) is 0. The van der Waals surface area contributed by atoms with E-state index in [1.54, 1.807) is 12.1 Å². The first-order chi connectivity index (χ1) is 3.39. The number of halogens is 1. The number of rotatable bonds is 0. The van der Waals surface area contributed by atoms with Crippen molar-refractivity contribution in [2.24, 2.45) is 0 Å².